The fourth-order valence-electron chi connectivity index (χ4n) is 1.57. The largest absolute Gasteiger partial charge is 0.401 e. The molecule has 0 unspecified atom stereocenters. The van der Waals surface area contributed by atoms with Crippen LogP contribution in [0.4, 0.5) is 13.2 Å². The van der Waals surface area contributed by atoms with E-state index in [1.807, 2.05) is 0 Å². The maximum absolute atomic E-state index is 12.0. The molecule has 1 saturated heterocycles. The molecule has 1 heterocycles. The van der Waals surface area contributed by atoms with Crippen molar-refractivity contribution >= 4 is 0 Å². The van der Waals surface area contributed by atoms with Gasteiger partial charge in [0.25, 0.3) is 0 Å². The minimum absolute atomic E-state index is 0.365. The van der Waals surface area contributed by atoms with Crippen LogP contribution in [-0.2, 0) is 0 Å². The topological polar surface area (TPSA) is 27.0 Å². The number of hydrogen-bond acceptors (Lipinski definition) is 2. The highest BCUT2D eigenvalue weighted by Crippen LogP contribution is 2.31. The lowest BCUT2D eigenvalue weighted by Crippen LogP contribution is -2.42. The maximum Gasteiger partial charge on any atom is 0.401 e. The third-order valence-corrected chi connectivity index (χ3v) is 2.63. The second kappa shape index (κ2) is 3.77. The normalized spacial score (nSPS) is 23.1. The van der Waals surface area contributed by atoms with Gasteiger partial charge in [0.05, 0.1) is 18.0 Å². The number of likely N-dealkylation sites (tertiary alicyclic amines) is 1. The smallest absolute Gasteiger partial charge is 0.295 e. The minimum atomic E-state index is -4.12. The van der Waals surface area contributed by atoms with Crippen LogP contribution in [0.2, 0.25) is 0 Å². The highest BCUT2D eigenvalue weighted by Gasteiger charge is 2.35. The van der Waals surface area contributed by atoms with Crippen LogP contribution >= 0.6 is 0 Å². The summed E-state index contributed by atoms with van der Waals surface area (Å²) in [5, 5.41) is 8.78. The first kappa shape index (κ1) is 11.3. The van der Waals surface area contributed by atoms with Gasteiger partial charge in [-0.15, -0.1) is 0 Å². The van der Waals surface area contributed by atoms with Crippen LogP contribution in [0.5, 0.6) is 0 Å². The minimum Gasteiger partial charge on any atom is -0.295 e. The fraction of sp³-hybridized carbons (Fsp3) is 0.889. The van der Waals surface area contributed by atoms with E-state index in [4.69, 9.17) is 5.26 Å². The molecule has 0 N–H and O–H groups in total. The van der Waals surface area contributed by atoms with E-state index in [1.165, 1.54) is 4.90 Å². The zero-order chi connectivity index (χ0) is 10.8. The first-order valence-electron chi connectivity index (χ1n) is 4.55. The number of hydrogen-bond donors (Lipinski definition) is 0. The van der Waals surface area contributed by atoms with Gasteiger partial charge in [-0.05, 0) is 32.9 Å². The summed E-state index contributed by atoms with van der Waals surface area (Å²) in [4.78, 5) is 1.36. The summed E-state index contributed by atoms with van der Waals surface area (Å²) in [5.74, 6) is 0. The summed E-state index contributed by atoms with van der Waals surface area (Å²) >= 11 is 0. The Hall–Kier alpha value is -0.760. The summed E-state index contributed by atoms with van der Waals surface area (Å²) < 4.78 is 36.0. The van der Waals surface area contributed by atoms with Gasteiger partial charge in [0.1, 0.15) is 0 Å². The van der Waals surface area contributed by atoms with E-state index < -0.39 is 18.1 Å². The zero-order valence-electron chi connectivity index (χ0n) is 8.06. The maximum atomic E-state index is 12.0. The number of nitriles is 1. The van der Waals surface area contributed by atoms with Crippen LogP contribution < -0.4 is 0 Å². The van der Waals surface area contributed by atoms with Crippen molar-refractivity contribution in [3.8, 4) is 6.07 Å². The van der Waals surface area contributed by atoms with Crippen molar-refractivity contribution in [1.29, 1.82) is 5.26 Å². The number of nitrogens with zero attached hydrogens (tertiary/aromatic N) is 2. The van der Waals surface area contributed by atoms with Crippen molar-refractivity contribution < 1.29 is 13.2 Å². The molecule has 0 aromatic heterocycles. The van der Waals surface area contributed by atoms with Gasteiger partial charge < -0.3 is 0 Å². The third kappa shape index (κ3) is 3.18. The molecule has 0 aromatic rings. The van der Waals surface area contributed by atoms with E-state index >= 15 is 0 Å². The zero-order valence-corrected chi connectivity index (χ0v) is 8.06. The first-order valence-corrected chi connectivity index (χ1v) is 4.55. The Morgan fingerprint density at radius 1 is 1.36 bits per heavy atom. The summed E-state index contributed by atoms with van der Waals surface area (Å²) in [6.07, 6.45) is -3.07. The first-order chi connectivity index (χ1) is 6.35. The van der Waals surface area contributed by atoms with Gasteiger partial charge in [-0.1, -0.05) is 0 Å². The Kier molecular flexibility index (Phi) is 3.05. The average molecular weight is 206 g/mol. The molecular formula is C9H13F3N2. The van der Waals surface area contributed by atoms with Crippen LogP contribution in [-0.4, -0.2) is 30.7 Å². The van der Waals surface area contributed by atoms with Gasteiger partial charge >= 0.3 is 6.18 Å². The van der Waals surface area contributed by atoms with Crippen LogP contribution in [0.3, 0.4) is 0 Å². The van der Waals surface area contributed by atoms with Crippen LogP contribution in [0, 0.1) is 16.7 Å². The van der Waals surface area contributed by atoms with Crippen LogP contribution in [0.1, 0.15) is 19.8 Å². The Morgan fingerprint density at radius 3 is 2.21 bits per heavy atom. The second-order valence-corrected chi connectivity index (χ2v) is 4.06. The van der Waals surface area contributed by atoms with Crippen LogP contribution in [0.25, 0.3) is 0 Å². The summed E-state index contributed by atoms with van der Waals surface area (Å²) in [6, 6.07) is 2.16. The molecule has 14 heavy (non-hydrogen) atoms. The fourth-order valence-corrected chi connectivity index (χ4v) is 1.57. The summed E-state index contributed by atoms with van der Waals surface area (Å²) in [6.45, 7) is 1.68. The predicted molar refractivity (Wildman–Crippen MR) is 45.4 cm³/mol. The molecule has 0 saturated carbocycles. The monoisotopic (exact) mass is 206 g/mol. The lowest BCUT2D eigenvalue weighted by atomic mass is 9.82. The van der Waals surface area contributed by atoms with E-state index in [9.17, 15) is 13.2 Å². The lowest BCUT2D eigenvalue weighted by Gasteiger charge is -2.35. The molecule has 5 heteroatoms. The molecular weight excluding hydrogens is 193 g/mol. The second-order valence-electron chi connectivity index (χ2n) is 4.06. The van der Waals surface area contributed by atoms with Crippen LogP contribution in [0.15, 0.2) is 0 Å². The SMILES string of the molecule is CC1(C#N)CCN(CC(F)(F)F)CC1. The van der Waals surface area contributed by atoms with Crippen molar-refractivity contribution in [1.82, 2.24) is 4.90 Å². The Morgan fingerprint density at radius 2 is 1.86 bits per heavy atom. The van der Waals surface area contributed by atoms with E-state index in [0.29, 0.717) is 25.9 Å². The average Bonchev–Trinajstić information content (AvgIpc) is 2.07. The Bertz CT molecular complexity index is 233. The van der Waals surface area contributed by atoms with E-state index in [-0.39, 0.29) is 0 Å². The Balaban J connectivity index is 2.41. The van der Waals surface area contributed by atoms with Crippen molar-refractivity contribution in [2.75, 3.05) is 19.6 Å². The number of piperidine rings is 1. The van der Waals surface area contributed by atoms with Gasteiger partial charge in [0, 0.05) is 0 Å². The van der Waals surface area contributed by atoms with E-state index in [1.54, 1.807) is 6.92 Å². The lowest BCUT2D eigenvalue weighted by molar-refractivity contribution is -0.149. The molecule has 0 bridgehead atoms. The summed E-state index contributed by atoms with van der Waals surface area (Å²) in [7, 11) is 0. The highest BCUT2D eigenvalue weighted by molar-refractivity contribution is 4.98. The third-order valence-electron chi connectivity index (χ3n) is 2.63. The quantitative estimate of drug-likeness (QED) is 0.657. The standard InChI is InChI=1S/C9H13F3N2/c1-8(6-13)2-4-14(5-3-8)7-9(10,11)12/h2-5,7H2,1H3. The number of rotatable bonds is 1. The molecule has 0 atom stereocenters. The van der Waals surface area contributed by atoms with Gasteiger partial charge in [0.2, 0.25) is 0 Å². The van der Waals surface area contributed by atoms with Crippen molar-refractivity contribution in [2.24, 2.45) is 5.41 Å². The molecule has 0 spiro atoms. The molecule has 1 aliphatic heterocycles. The molecule has 2 nitrogen and oxygen atoms in total. The molecule has 1 fully saturated rings. The van der Waals surface area contributed by atoms with Crippen molar-refractivity contribution in [3.63, 3.8) is 0 Å². The molecule has 0 amide bonds. The van der Waals surface area contributed by atoms with Crippen molar-refractivity contribution in [2.45, 2.75) is 25.9 Å². The van der Waals surface area contributed by atoms with Gasteiger partial charge in [-0.2, -0.15) is 18.4 Å². The molecule has 80 valence electrons. The number of halogens is 3. The van der Waals surface area contributed by atoms with Gasteiger partial charge in [-0.3, -0.25) is 4.90 Å². The van der Waals surface area contributed by atoms with Gasteiger partial charge in [-0.25, -0.2) is 0 Å². The summed E-state index contributed by atoms with van der Waals surface area (Å²) in [5.41, 5.74) is -0.428. The highest BCUT2D eigenvalue weighted by atomic mass is 19.4. The molecule has 1 rings (SSSR count). The molecule has 1 aliphatic rings. The van der Waals surface area contributed by atoms with Crippen molar-refractivity contribution in [3.05, 3.63) is 0 Å². The molecule has 0 radical (unpaired) electrons. The number of alkyl halides is 3. The Labute approximate surface area is 81.3 Å². The van der Waals surface area contributed by atoms with Gasteiger partial charge in [0.15, 0.2) is 0 Å². The molecule has 0 aliphatic carbocycles. The van der Waals surface area contributed by atoms with E-state index in [0.717, 1.165) is 0 Å². The van der Waals surface area contributed by atoms with E-state index in [2.05, 4.69) is 6.07 Å². The predicted octanol–water partition coefficient (Wildman–Crippen LogP) is 2.17. The molecule has 0 aromatic carbocycles.